The molecule has 184 valence electrons. The van der Waals surface area contributed by atoms with E-state index in [0.29, 0.717) is 22.7 Å². The van der Waals surface area contributed by atoms with E-state index in [2.05, 4.69) is 10.6 Å². The highest BCUT2D eigenvalue weighted by Gasteiger charge is 2.30. The molecule has 0 saturated heterocycles. The molecular formula is C26H20F3N3O4. The van der Waals surface area contributed by atoms with Crippen LogP contribution in [0, 0.1) is 11.3 Å². The second-order valence-electron chi connectivity index (χ2n) is 7.31. The van der Waals surface area contributed by atoms with Crippen LogP contribution in [0.3, 0.4) is 0 Å². The first kappa shape index (κ1) is 25.8. The molecule has 0 atom stereocenters. The lowest BCUT2D eigenvalue weighted by atomic mass is 10.1. The summed E-state index contributed by atoms with van der Waals surface area (Å²) in [5.74, 6) is -0.516. The van der Waals surface area contributed by atoms with Gasteiger partial charge in [-0.15, -0.1) is 0 Å². The molecule has 0 aliphatic heterocycles. The maximum Gasteiger partial charge on any atom is 0.416 e. The third-order valence-corrected chi connectivity index (χ3v) is 4.73. The van der Waals surface area contributed by atoms with Crippen molar-refractivity contribution < 1.29 is 32.2 Å². The summed E-state index contributed by atoms with van der Waals surface area (Å²) in [7, 11) is 1.48. The molecule has 0 heterocycles. The van der Waals surface area contributed by atoms with Crippen LogP contribution in [0.2, 0.25) is 0 Å². The van der Waals surface area contributed by atoms with E-state index in [4.69, 9.17) is 9.47 Å². The summed E-state index contributed by atoms with van der Waals surface area (Å²) in [6, 6.07) is 19.0. The van der Waals surface area contributed by atoms with Gasteiger partial charge in [-0.2, -0.15) is 18.4 Å². The molecule has 0 saturated carbocycles. The number of carbonyl (C=O) groups is 2. The van der Waals surface area contributed by atoms with Crippen molar-refractivity contribution in [2.45, 2.75) is 6.18 Å². The highest BCUT2D eigenvalue weighted by atomic mass is 19.4. The lowest BCUT2D eigenvalue weighted by molar-refractivity contribution is -0.137. The number of amides is 2. The molecule has 0 bridgehead atoms. The first-order valence-corrected chi connectivity index (χ1v) is 10.5. The Morgan fingerprint density at radius 3 is 2.47 bits per heavy atom. The normalized spacial score (nSPS) is 11.2. The van der Waals surface area contributed by atoms with Crippen LogP contribution in [0.5, 0.6) is 11.5 Å². The Morgan fingerprint density at radius 1 is 1.00 bits per heavy atom. The summed E-state index contributed by atoms with van der Waals surface area (Å²) in [5, 5.41) is 14.4. The van der Waals surface area contributed by atoms with Gasteiger partial charge in [0.25, 0.3) is 11.8 Å². The minimum atomic E-state index is -4.57. The Balaban J connectivity index is 1.66. The first-order valence-electron chi connectivity index (χ1n) is 10.5. The number of hydrogen-bond donors (Lipinski definition) is 2. The van der Waals surface area contributed by atoms with Gasteiger partial charge in [-0.05, 0) is 54.1 Å². The van der Waals surface area contributed by atoms with E-state index in [-0.39, 0.29) is 17.9 Å². The number of benzene rings is 3. The van der Waals surface area contributed by atoms with Gasteiger partial charge in [0.15, 0.2) is 6.61 Å². The van der Waals surface area contributed by atoms with E-state index in [9.17, 15) is 28.0 Å². The fraction of sp³-hybridized carbons (Fsp3) is 0.115. The molecule has 0 aliphatic carbocycles. The molecule has 3 rings (SSSR count). The van der Waals surface area contributed by atoms with Crippen LogP contribution in [0.15, 0.2) is 78.4 Å². The van der Waals surface area contributed by atoms with E-state index in [1.165, 1.54) is 25.3 Å². The summed E-state index contributed by atoms with van der Waals surface area (Å²) in [6.07, 6.45) is -3.32. The van der Waals surface area contributed by atoms with Crippen molar-refractivity contribution in [2.75, 3.05) is 24.4 Å². The Hall–Kier alpha value is -4.78. The van der Waals surface area contributed by atoms with Crippen molar-refractivity contribution in [1.82, 2.24) is 0 Å². The van der Waals surface area contributed by atoms with Gasteiger partial charge in [-0.3, -0.25) is 9.59 Å². The van der Waals surface area contributed by atoms with Crippen molar-refractivity contribution in [2.24, 2.45) is 0 Å². The van der Waals surface area contributed by atoms with Crippen molar-refractivity contribution >= 4 is 29.3 Å². The van der Waals surface area contributed by atoms with Crippen LogP contribution < -0.4 is 20.1 Å². The van der Waals surface area contributed by atoms with Gasteiger partial charge >= 0.3 is 6.18 Å². The van der Waals surface area contributed by atoms with Gasteiger partial charge in [-0.25, -0.2) is 0 Å². The number of hydrogen-bond acceptors (Lipinski definition) is 5. The number of rotatable bonds is 8. The predicted octanol–water partition coefficient (Wildman–Crippen LogP) is 5.28. The monoisotopic (exact) mass is 495 g/mol. The van der Waals surface area contributed by atoms with Gasteiger partial charge in [0.1, 0.15) is 23.1 Å². The average molecular weight is 495 g/mol. The standard InChI is InChI=1S/C26H20F3N3O4/c1-35-23-11-3-2-10-22(23)32-24(33)16-36-21-9-4-6-17(13-21)12-18(15-30)25(34)31-20-8-5-7-19(14-20)26(27,28)29/h2-14H,16H2,1H3,(H,31,34)(H,32,33)/b18-12+. The van der Waals surface area contributed by atoms with Gasteiger partial charge in [-0.1, -0.05) is 30.3 Å². The molecule has 0 aliphatic rings. The molecule has 7 nitrogen and oxygen atoms in total. The zero-order chi connectivity index (χ0) is 26.1. The maximum atomic E-state index is 12.9. The van der Waals surface area contributed by atoms with Gasteiger partial charge in [0.05, 0.1) is 18.4 Å². The molecule has 0 spiro atoms. The molecule has 3 aromatic carbocycles. The molecule has 0 unspecified atom stereocenters. The SMILES string of the molecule is COc1ccccc1NC(=O)COc1cccc(/C=C(\C#N)C(=O)Nc2cccc(C(F)(F)F)c2)c1. The van der Waals surface area contributed by atoms with Crippen LogP contribution in [0.1, 0.15) is 11.1 Å². The van der Waals surface area contributed by atoms with Crippen LogP contribution >= 0.6 is 0 Å². The Morgan fingerprint density at radius 2 is 1.75 bits per heavy atom. The average Bonchev–Trinajstić information content (AvgIpc) is 2.86. The van der Waals surface area contributed by atoms with Crippen molar-refractivity contribution in [1.29, 1.82) is 5.26 Å². The Labute approximate surface area is 204 Å². The van der Waals surface area contributed by atoms with E-state index in [0.717, 1.165) is 18.2 Å². The van der Waals surface area contributed by atoms with E-state index in [1.54, 1.807) is 48.5 Å². The summed E-state index contributed by atoms with van der Waals surface area (Å²) < 4.78 is 49.4. The third kappa shape index (κ3) is 7.11. The number of methoxy groups -OCH3 is 1. The molecule has 0 aromatic heterocycles. The molecule has 0 radical (unpaired) electrons. The van der Waals surface area contributed by atoms with Crippen molar-refractivity contribution in [3.8, 4) is 17.6 Å². The Kier molecular flexibility index (Phi) is 8.30. The molecule has 3 aromatic rings. The molecule has 0 fully saturated rings. The summed E-state index contributed by atoms with van der Waals surface area (Å²) >= 11 is 0. The lowest BCUT2D eigenvalue weighted by Gasteiger charge is -2.11. The zero-order valence-corrected chi connectivity index (χ0v) is 18.9. The highest BCUT2D eigenvalue weighted by Crippen LogP contribution is 2.30. The van der Waals surface area contributed by atoms with Gasteiger partial charge in [0.2, 0.25) is 0 Å². The van der Waals surface area contributed by atoms with Crippen LogP contribution in [0.25, 0.3) is 6.08 Å². The van der Waals surface area contributed by atoms with Crippen LogP contribution in [0.4, 0.5) is 24.5 Å². The molecule has 2 amide bonds. The minimum Gasteiger partial charge on any atom is -0.495 e. The number of halogens is 3. The first-order chi connectivity index (χ1) is 17.2. The number of nitrogens with one attached hydrogen (secondary N) is 2. The molecule has 10 heteroatoms. The zero-order valence-electron chi connectivity index (χ0n) is 18.9. The number of ether oxygens (including phenoxy) is 2. The fourth-order valence-electron chi connectivity index (χ4n) is 3.06. The molecular weight excluding hydrogens is 475 g/mol. The Bertz CT molecular complexity index is 1330. The van der Waals surface area contributed by atoms with E-state index >= 15 is 0 Å². The summed E-state index contributed by atoms with van der Waals surface area (Å²) in [6.45, 7) is -0.313. The second kappa shape index (κ2) is 11.6. The van der Waals surface area contributed by atoms with E-state index < -0.39 is 23.6 Å². The van der Waals surface area contributed by atoms with E-state index in [1.807, 2.05) is 0 Å². The number of nitrogens with zero attached hydrogens (tertiary/aromatic N) is 1. The smallest absolute Gasteiger partial charge is 0.416 e. The van der Waals surface area contributed by atoms with Crippen LogP contribution in [-0.2, 0) is 15.8 Å². The topological polar surface area (TPSA) is 100 Å². The quantitative estimate of drug-likeness (QED) is 0.327. The number of nitriles is 1. The van der Waals surface area contributed by atoms with Crippen molar-refractivity contribution in [3.63, 3.8) is 0 Å². The van der Waals surface area contributed by atoms with Crippen LogP contribution in [-0.4, -0.2) is 25.5 Å². The maximum absolute atomic E-state index is 12.9. The number of anilines is 2. The second-order valence-corrected chi connectivity index (χ2v) is 7.31. The number of para-hydroxylation sites is 2. The fourth-order valence-corrected chi connectivity index (χ4v) is 3.06. The number of alkyl halides is 3. The predicted molar refractivity (Wildman–Crippen MR) is 127 cm³/mol. The molecule has 2 N–H and O–H groups in total. The molecule has 36 heavy (non-hydrogen) atoms. The van der Waals surface area contributed by atoms with Gasteiger partial charge < -0.3 is 20.1 Å². The van der Waals surface area contributed by atoms with Crippen molar-refractivity contribution in [3.05, 3.63) is 89.5 Å². The number of carbonyl (C=O) groups excluding carboxylic acids is 2. The van der Waals surface area contributed by atoms with Gasteiger partial charge in [0, 0.05) is 5.69 Å². The lowest BCUT2D eigenvalue weighted by Crippen LogP contribution is -2.20. The minimum absolute atomic E-state index is 0.103. The highest BCUT2D eigenvalue weighted by molar-refractivity contribution is 6.09. The third-order valence-electron chi connectivity index (χ3n) is 4.73. The largest absolute Gasteiger partial charge is 0.495 e. The summed E-state index contributed by atoms with van der Waals surface area (Å²) in [4.78, 5) is 24.7. The summed E-state index contributed by atoms with van der Waals surface area (Å²) in [5.41, 5.74) is -0.473.